The van der Waals surface area contributed by atoms with Crippen molar-refractivity contribution >= 4 is 15.9 Å². The second kappa shape index (κ2) is 5.96. The van der Waals surface area contributed by atoms with E-state index >= 15 is 0 Å². The predicted molar refractivity (Wildman–Crippen MR) is 54.8 cm³/mol. The molecule has 0 aliphatic rings. The lowest BCUT2D eigenvalue weighted by Gasteiger charge is -2.07. The van der Waals surface area contributed by atoms with Crippen molar-refractivity contribution in [3.63, 3.8) is 0 Å². The Labute approximate surface area is 90.2 Å². The third kappa shape index (κ3) is 3.62. The number of rotatable bonds is 5. The van der Waals surface area contributed by atoms with E-state index in [-0.39, 0.29) is 12.5 Å². The van der Waals surface area contributed by atoms with Gasteiger partial charge in [-0.2, -0.15) is 0 Å². The third-order valence-corrected chi connectivity index (χ3v) is 2.33. The number of hydrogen-bond acceptors (Lipinski definition) is 1. The van der Waals surface area contributed by atoms with Gasteiger partial charge < -0.3 is 4.74 Å². The van der Waals surface area contributed by atoms with E-state index in [0.717, 1.165) is 0 Å². The van der Waals surface area contributed by atoms with Gasteiger partial charge in [0.25, 0.3) is 0 Å². The number of halogens is 3. The lowest BCUT2D eigenvalue weighted by molar-refractivity contribution is 0.294. The van der Waals surface area contributed by atoms with Crippen LogP contribution in [0.25, 0.3) is 0 Å². The Morgan fingerprint density at radius 1 is 1.29 bits per heavy atom. The van der Waals surface area contributed by atoms with Crippen LogP contribution >= 0.6 is 15.9 Å². The van der Waals surface area contributed by atoms with Gasteiger partial charge in [0.15, 0.2) is 0 Å². The topological polar surface area (TPSA) is 9.23 Å². The van der Waals surface area contributed by atoms with Crippen molar-refractivity contribution in [3.8, 4) is 5.75 Å². The predicted octanol–water partition coefficient (Wildman–Crippen LogP) is 3.72. The molecule has 0 amide bonds. The summed E-state index contributed by atoms with van der Waals surface area (Å²) < 4.78 is 30.5. The fraction of sp³-hybridized carbons (Fsp3) is 0.400. The summed E-state index contributed by atoms with van der Waals surface area (Å²) >= 11 is 3.23. The zero-order valence-electron chi connectivity index (χ0n) is 7.60. The van der Waals surface area contributed by atoms with Crippen LogP contribution in [-0.2, 0) is 0 Å². The second-order valence-corrected chi connectivity index (χ2v) is 3.67. The van der Waals surface area contributed by atoms with Crippen LogP contribution in [0.4, 0.5) is 8.78 Å². The molecule has 0 saturated heterocycles. The Balaban J connectivity index is 2.45. The molecule has 0 radical (unpaired) electrons. The van der Waals surface area contributed by atoms with Crippen molar-refractivity contribution < 1.29 is 13.5 Å². The van der Waals surface area contributed by atoms with Crippen LogP contribution in [0.1, 0.15) is 12.8 Å². The van der Waals surface area contributed by atoms with Crippen molar-refractivity contribution in [2.45, 2.75) is 12.8 Å². The lowest BCUT2D eigenvalue weighted by atomic mass is 10.3. The normalized spacial score (nSPS) is 10.2. The number of alkyl halides is 1. The maximum absolute atomic E-state index is 12.8. The van der Waals surface area contributed by atoms with E-state index in [9.17, 15) is 8.78 Å². The van der Waals surface area contributed by atoms with Crippen LogP contribution in [0.2, 0.25) is 0 Å². The summed E-state index contributed by atoms with van der Waals surface area (Å²) in [5, 5.41) is 0. The molecule has 0 fully saturated rings. The lowest BCUT2D eigenvalue weighted by Crippen LogP contribution is -1.98. The minimum atomic E-state index is -0.340. The Morgan fingerprint density at radius 3 is 2.79 bits per heavy atom. The summed E-state index contributed by atoms with van der Waals surface area (Å²) in [6, 6.07) is 4.23. The van der Waals surface area contributed by atoms with Gasteiger partial charge in [0.05, 0.1) is 17.8 Å². The molecule has 0 unspecified atom stereocenters. The van der Waals surface area contributed by atoms with E-state index < -0.39 is 0 Å². The van der Waals surface area contributed by atoms with Gasteiger partial charge in [-0.05, 0) is 40.9 Å². The van der Waals surface area contributed by atoms with E-state index in [1.165, 1.54) is 12.1 Å². The maximum atomic E-state index is 12.8. The van der Waals surface area contributed by atoms with Crippen molar-refractivity contribution in [2.75, 3.05) is 13.3 Å². The van der Waals surface area contributed by atoms with E-state index in [2.05, 4.69) is 15.9 Å². The molecule has 1 aromatic rings. The number of hydrogen-bond donors (Lipinski definition) is 0. The van der Waals surface area contributed by atoms with Gasteiger partial charge in [0, 0.05) is 6.07 Å². The van der Waals surface area contributed by atoms with Gasteiger partial charge in [-0.15, -0.1) is 0 Å². The van der Waals surface area contributed by atoms with Gasteiger partial charge in [-0.3, -0.25) is 4.39 Å². The Kier molecular flexibility index (Phi) is 4.87. The first-order chi connectivity index (χ1) is 6.74. The molecule has 0 atom stereocenters. The van der Waals surface area contributed by atoms with Crippen molar-refractivity contribution in [3.05, 3.63) is 28.5 Å². The molecule has 4 heteroatoms. The molecule has 0 spiro atoms. The summed E-state index contributed by atoms with van der Waals surface area (Å²) in [7, 11) is 0. The molecule has 1 nitrogen and oxygen atoms in total. The number of unbranched alkanes of at least 4 members (excludes halogenated alkanes) is 1. The molecule has 14 heavy (non-hydrogen) atoms. The largest absolute Gasteiger partial charge is 0.492 e. The molecule has 0 aliphatic heterocycles. The molecule has 1 aromatic carbocycles. The quantitative estimate of drug-likeness (QED) is 0.737. The van der Waals surface area contributed by atoms with Gasteiger partial charge in [-0.1, -0.05) is 0 Å². The fourth-order valence-electron chi connectivity index (χ4n) is 0.966. The molecule has 0 saturated carbocycles. The van der Waals surface area contributed by atoms with Crippen molar-refractivity contribution in [2.24, 2.45) is 0 Å². The molecule has 78 valence electrons. The standard InChI is InChI=1S/C10H11BrF2O/c11-9-4-3-8(13)7-10(9)14-6-2-1-5-12/h3-4,7H,1-2,5-6H2. The Hall–Kier alpha value is -0.640. The highest BCUT2D eigenvalue weighted by molar-refractivity contribution is 9.10. The summed E-state index contributed by atoms with van der Waals surface area (Å²) in [6.45, 7) is 0.0691. The number of ether oxygens (including phenoxy) is 1. The van der Waals surface area contributed by atoms with Crippen LogP contribution in [0.15, 0.2) is 22.7 Å². The maximum Gasteiger partial charge on any atom is 0.136 e. The highest BCUT2D eigenvalue weighted by Crippen LogP contribution is 2.25. The zero-order chi connectivity index (χ0) is 10.4. The zero-order valence-corrected chi connectivity index (χ0v) is 9.19. The average molecular weight is 265 g/mol. The Bertz CT molecular complexity index is 291. The molecule has 1 rings (SSSR count). The van der Waals surface area contributed by atoms with Crippen LogP contribution in [0, 0.1) is 5.82 Å². The first kappa shape index (κ1) is 11.4. The summed E-state index contributed by atoms with van der Waals surface area (Å²) in [5.41, 5.74) is 0. The number of benzene rings is 1. The molecule has 0 N–H and O–H groups in total. The molecule has 0 bridgehead atoms. The van der Waals surface area contributed by atoms with Gasteiger partial charge in [0.1, 0.15) is 11.6 Å². The van der Waals surface area contributed by atoms with Gasteiger partial charge >= 0.3 is 0 Å². The SMILES string of the molecule is FCCCCOc1cc(F)ccc1Br. The average Bonchev–Trinajstić information content (AvgIpc) is 2.18. The van der Waals surface area contributed by atoms with E-state index in [0.29, 0.717) is 29.7 Å². The molecule has 0 heterocycles. The van der Waals surface area contributed by atoms with Crippen LogP contribution in [0.3, 0.4) is 0 Å². The fourth-order valence-corrected chi connectivity index (χ4v) is 1.33. The molecular formula is C10H11BrF2O. The third-order valence-electron chi connectivity index (χ3n) is 1.68. The summed E-state index contributed by atoms with van der Waals surface area (Å²) in [5.74, 6) is 0.123. The van der Waals surface area contributed by atoms with E-state index in [4.69, 9.17) is 4.74 Å². The first-order valence-corrected chi connectivity index (χ1v) is 5.17. The minimum absolute atomic E-state index is 0.339. The van der Waals surface area contributed by atoms with E-state index in [1.54, 1.807) is 6.07 Å². The minimum Gasteiger partial charge on any atom is -0.492 e. The van der Waals surface area contributed by atoms with Crippen molar-refractivity contribution in [1.29, 1.82) is 0 Å². The highest BCUT2D eigenvalue weighted by Gasteiger charge is 2.02. The first-order valence-electron chi connectivity index (χ1n) is 4.38. The molecular weight excluding hydrogens is 254 g/mol. The van der Waals surface area contributed by atoms with Crippen molar-refractivity contribution in [1.82, 2.24) is 0 Å². The monoisotopic (exact) mass is 264 g/mol. The van der Waals surface area contributed by atoms with Gasteiger partial charge in [0.2, 0.25) is 0 Å². The smallest absolute Gasteiger partial charge is 0.136 e. The molecule has 0 aliphatic carbocycles. The Morgan fingerprint density at radius 2 is 2.07 bits per heavy atom. The highest BCUT2D eigenvalue weighted by atomic mass is 79.9. The molecule has 0 aromatic heterocycles. The van der Waals surface area contributed by atoms with Gasteiger partial charge in [-0.25, -0.2) is 4.39 Å². The van der Waals surface area contributed by atoms with E-state index in [1.807, 2.05) is 0 Å². The van der Waals surface area contributed by atoms with Crippen LogP contribution in [-0.4, -0.2) is 13.3 Å². The summed E-state index contributed by atoms with van der Waals surface area (Å²) in [6.07, 6.45) is 1.12. The summed E-state index contributed by atoms with van der Waals surface area (Å²) in [4.78, 5) is 0. The van der Waals surface area contributed by atoms with Crippen LogP contribution < -0.4 is 4.74 Å². The van der Waals surface area contributed by atoms with Crippen LogP contribution in [0.5, 0.6) is 5.75 Å². The second-order valence-electron chi connectivity index (χ2n) is 2.82.